The molecule has 78 valence electrons. The third kappa shape index (κ3) is 6.93. The van der Waals surface area contributed by atoms with Crippen LogP contribution in [0.15, 0.2) is 12.7 Å². The average Bonchev–Trinajstić information content (AvgIpc) is 1.96. The van der Waals surface area contributed by atoms with Gasteiger partial charge in [-0.25, -0.2) is 0 Å². The van der Waals surface area contributed by atoms with Crippen LogP contribution in [0.3, 0.4) is 0 Å². The monoisotopic (exact) mass is 210 g/mol. The van der Waals surface area contributed by atoms with E-state index in [1.807, 2.05) is 0 Å². The Balaban J connectivity index is 3.88. The van der Waals surface area contributed by atoms with Crippen LogP contribution in [0.5, 0.6) is 0 Å². The average molecular weight is 210 g/mol. The predicted molar refractivity (Wildman–Crippen MR) is 48.5 cm³/mol. The maximum atomic E-state index is 10.5. The highest BCUT2D eigenvalue weighted by molar-refractivity contribution is 7.51. The van der Waals surface area contributed by atoms with Gasteiger partial charge in [-0.1, -0.05) is 6.08 Å². The lowest BCUT2D eigenvalue weighted by Crippen LogP contribution is -2.29. The molecule has 0 saturated heterocycles. The number of rotatable bonds is 6. The molecule has 0 aromatic carbocycles. The van der Waals surface area contributed by atoms with Gasteiger partial charge in [0.1, 0.15) is 0 Å². The summed E-state index contributed by atoms with van der Waals surface area (Å²) in [6.07, 6.45) is -0.835. The molecule has 3 N–H and O–H groups in total. The van der Waals surface area contributed by atoms with Gasteiger partial charge in [-0.05, 0) is 6.92 Å². The van der Waals surface area contributed by atoms with Crippen molar-refractivity contribution in [3.05, 3.63) is 12.7 Å². The molecule has 0 aliphatic heterocycles. The molecule has 0 spiro atoms. The van der Waals surface area contributed by atoms with Crippen molar-refractivity contribution in [2.45, 2.75) is 19.1 Å². The Kier molecular flexibility index (Phi) is 5.44. The summed E-state index contributed by atoms with van der Waals surface area (Å²) < 4.78 is 15.5. The summed E-state index contributed by atoms with van der Waals surface area (Å²) >= 11 is 0. The van der Waals surface area contributed by atoms with E-state index in [-0.39, 0.29) is 6.61 Å². The van der Waals surface area contributed by atoms with Crippen molar-refractivity contribution < 1.29 is 24.2 Å². The number of hydrogen-bond donors (Lipinski definition) is 3. The van der Waals surface area contributed by atoms with Crippen molar-refractivity contribution in [1.29, 1.82) is 0 Å². The van der Waals surface area contributed by atoms with E-state index in [2.05, 4.69) is 6.58 Å². The molecular weight excluding hydrogens is 195 g/mol. The standard InChI is InChI=1S/C7H15O5P/c1-3-4-12-6(2)7(8)5-13(9,10)11/h3,6-8H,1,4-5H2,2H3,(H2,9,10,11). The van der Waals surface area contributed by atoms with Crippen molar-refractivity contribution in [2.24, 2.45) is 0 Å². The highest BCUT2D eigenvalue weighted by atomic mass is 31.2. The Morgan fingerprint density at radius 1 is 1.62 bits per heavy atom. The molecule has 0 aliphatic rings. The summed E-state index contributed by atoms with van der Waals surface area (Å²) in [5.41, 5.74) is 0. The Hall–Kier alpha value is -0.190. The van der Waals surface area contributed by atoms with Crippen LogP contribution in [0.1, 0.15) is 6.92 Å². The number of hydrogen-bond acceptors (Lipinski definition) is 3. The predicted octanol–water partition coefficient (Wildman–Crippen LogP) is 0.116. The highest BCUT2D eigenvalue weighted by Gasteiger charge is 2.24. The van der Waals surface area contributed by atoms with E-state index in [0.717, 1.165) is 0 Å². The van der Waals surface area contributed by atoms with Crippen molar-refractivity contribution in [3.8, 4) is 0 Å². The number of aliphatic hydroxyl groups excluding tert-OH is 1. The molecule has 2 atom stereocenters. The lowest BCUT2D eigenvalue weighted by Gasteiger charge is -2.18. The van der Waals surface area contributed by atoms with Crippen LogP contribution in [-0.4, -0.2) is 39.9 Å². The second-order valence-electron chi connectivity index (χ2n) is 2.74. The quantitative estimate of drug-likeness (QED) is 0.428. The Bertz CT molecular complexity index is 199. The first-order valence-corrected chi connectivity index (χ1v) is 5.61. The molecule has 0 aliphatic carbocycles. The van der Waals surface area contributed by atoms with Gasteiger partial charge in [0.2, 0.25) is 0 Å². The van der Waals surface area contributed by atoms with Crippen molar-refractivity contribution >= 4 is 7.60 Å². The molecule has 0 rings (SSSR count). The van der Waals surface area contributed by atoms with Crippen LogP contribution in [-0.2, 0) is 9.30 Å². The second kappa shape index (κ2) is 5.52. The van der Waals surface area contributed by atoms with Crippen LogP contribution in [0, 0.1) is 0 Å². The molecule has 0 radical (unpaired) electrons. The summed E-state index contributed by atoms with van der Waals surface area (Å²) in [5.74, 6) is 0. The summed E-state index contributed by atoms with van der Waals surface area (Å²) in [6.45, 7) is 5.20. The van der Waals surface area contributed by atoms with E-state index in [4.69, 9.17) is 14.5 Å². The fraction of sp³-hybridized carbons (Fsp3) is 0.714. The smallest absolute Gasteiger partial charge is 0.328 e. The summed E-state index contributed by atoms with van der Waals surface area (Å²) in [5, 5.41) is 9.23. The van der Waals surface area contributed by atoms with Gasteiger partial charge in [0.05, 0.1) is 25.0 Å². The van der Waals surface area contributed by atoms with Crippen LogP contribution in [0.4, 0.5) is 0 Å². The summed E-state index contributed by atoms with van der Waals surface area (Å²) in [4.78, 5) is 17.1. The molecule has 0 bridgehead atoms. The first-order valence-electron chi connectivity index (χ1n) is 3.82. The molecule has 6 heteroatoms. The zero-order valence-electron chi connectivity index (χ0n) is 7.46. The zero-order chi connectivity index (χ0) is 10.5. The minimum atomic E-state index is -4.16. The van der Waals surface area contributed by atoms with Gasteiger partial charge >= 0.3 is 7.60 Å². The van der Waals surface area contributed by atoms with Gasteiger partial charge in [0.15, 0.2) is 0 Å². The minimum Gasteiger partial charge on any atom is -0.390 e. The summed E-state index contributed by atoms with van der Waals surface area (Å²) in [6, 6.07) is 0. The molecule has 2 unspecified atom stereocenters. The third-order valence-corrected chi connectivity index (χ3v) is 2.29. The van der Waals surface area contributed by atoms with Gasteiger partial charge < -0.3 is 19.6 Å². The van der Waals surface area contributed by atoms with Crippen molar-refractivity contribution in [3.63, 3.8) is 0 Å². The van der Waals surface area contributed by atoms with Crippen LogP contribution >= 0.6 is 7.60 Å². The van der Waals surface area contributed by atoms with E-state index in [1.54, 1.807) is 6.92 Å². The van der Waals surface area contributed by atoms with E-state index in [1.165, 1.54) is 6.08 Å². The molecule has 5 nitrogen and oxygen atoms in total. The molecular formula is C7H15O5P. The van der Waals surface area contributed by atoms with Crippen LogP contribution in [0.2, 0.25) is 0 Å². The maximum Gasteiger partial charge on any atom is 0.328 e. The topological polar surface area (TPSA) is 87.0 Å². The first kappa shape index (κ1) is 12.8. The van der Waals surface area contributed by atoms with E-state index in [9.17, 15) is 9.67 Å². The van der Waals surface area contributed by atoms with Gasteiger partial charge in [-0.15, -0.1) is 6.58 Å². The van der Waals surface area contributed by atoms with Crippen LogP contribution < -0.4 is 0 Å². The Labute approximate surface area is 77.2 Å². The molecule has 0 saturated carbocycles. The highest BCUT2D eigenvalue weighted by Crippen LogP contribution is 2.35. The van der Waals surface area contributed by atoms with E-state index < -0.39 is 26.0 Å². The lowest BCUT2D eigenvalue weighted by molar-refractivity contribution is -0.00619. The van der Waals surface area contributed by atoms with Gasteiger partial charge in [-0.3, -0.25) is 4.57 Å². The van der Waals surface area contributed by atoms with E-state index in [0.29, 0.717) is 0 Å². The lowest BCUT2D eigenvalue weighted by atomic mass is 10.2. The van der Waals surface area contributed by atoms with Crippen molar-refractivity contribution in [2.75, 3.05) is 12.8 Å². The van der Waals surface area contributed by atoms with Gasteiger partial charge in [0, 0.05) is 0 Å². The fourth-order valence-corrected chi connectivity index (χ4v) is 1.51. The summed E-state index contributed by atoms with van der Waals surface area (Å²) in [7, 11) is -4.16. The first-order chi connectivity index (χ1) is 5.87. The Morgan fingerprint density at radius 3 is 2.54 bits per heavy atom. The molecule has 0 amide bonds. The van der Waals surface area contributed by atoms with Gasteiger partial charge in [0.25, 0.3) is 0 Å². The number of ether oxygens (including phenoxy) is 1. The largest absolute Gasteiger partial charge is 0.390 e. The third-order valence-electron chi connectivity index (χ3n) is 1.44. The molecule has 0 aromatic rings. The molecule has 0 heterocycles. The zero-order valence-corrected chi connectivity index (χ0v) is 8.35. The fourth-order valence-electron chi connectivity index (χ4n) is 0.723. The molecule has 13 heavy (non-hydrogen) atoms. The van der Waals surface area contributed by atoms with E-state index >= 15 is 0 Å². The second-order valence-corrected chi connectivity index (χ2v) is 4.44. The SMILES string of the molecule is C=CCOC(C)C(O)CP(=O)(O)O. The molecule has 0 fully saturated rings. The van der Waals surface area contributed by atoms with Gasteiger partial charge in [-0.2, -0.15) is 0 Å². The van der Waals surface area contributed by atoms with Crippen molar-refractivity contribution in [1.82, 2.24) is 0 Å². The number of aliphatic hydroxyl groups is 1. The normalized spacial score (nSPS) is 16.6. The van der Waals surface area contributed by atoms with Crippen LogP contribution in [0.25, 0.3) is 0 Å². The Morgan fingerprint density at radius 2 is 2.15 bits per heavy atom. The minimum absolute atomic E-state index is 0.249. The maximum absolute atomic E-state index is 10.5. The molecule has 0 aromatic heterocycles.